The molecule has 7 nitrogen and oxygen atoms in total. The van der Waals surface area contributed by atoms with Crippen molar-refractivity contribution in [3.63, 3.8) is 0 Å². The van der Waals surface area contributed by atoms with E-state index >= 15 is 0 Å². The maximum atomic E-state index is 13.2. The maximum Gasteiger partial charge on any atom is 0.253 e. The van der Waals surface area contributed by atoms with Gasteiger partial charge in [0.2, 0.25) is 0 Å². The number of likely N-dealkylation sites (N-methyl/N-ethyl adjacent to an activating group) is 1. The molecule has 0 bridgehead atoms. The SMILES string of the molecule is COc1cccc(-c2cc(C(N)=O)c3[nH]c4cc(C(=O)N5CCCN(C)CC5)ccc4c3c2)c1. The van der Waals surface area contributed by atoms with E-state index in [1.807, 2.05) is 53.4 Å². The van der Waals surface area contributed by atoms with Crippen LogP contribution < -0.4 is 10.5 Å². The monoisotopic (exact) mass is 456 g/mol. The molecule has 2 heterocycles. The molecule has 1 saturated heterocycles. The van der Waals surface area contributed by atoms with Gasteiger partial charge in [-0.3, -0.25) is 9.59 Å². The van der Waals surface area contributed by atoms with Crippen LogP contribution in [-0.4, -0.2) is 66.9 Å². The van der Waals surface area contributed by atoms with Crippen LogP contribution in [0.5, 0.6) is 5.75 Å². The van der Waals surface area contributed by atoms with E-state index in [1.165, 1.54) is 0 Å². The third-order valence-corrected chi connectivity index (χ3v) is 6.63. The molecule has 4 aromatic rings. The predicted octanol–water partition coefficient (Wildman–Crippen LogP) is 3.87. The number of rotatable bonds is 4. The molecule has 2 amide bonds. The smallest absolute Gasteiger partial charge is 0.253 e. The lowest BCUT2D eigenvalue weighted by atomic mass is 9.98. The molecule has 3 N–H and O–H groups in total. The minimum atomic E-state index is -0.508. The van der Waals surface area contributed by atoms with Crippen molar-refractivity contribution in [2.45, 2.75) is 6.42 Å². The molecule has 3 aromatic carbocycles. The Morgan fingerprint density at radius 1 is 0.941 bits per heavy atom. The number of nitrogens with one attached hydrogen (secondary N) is 1. The van der Waals surface area contributed by atoms with E-state index in [2.05, 4.69) is 16.9 Å². The highest BCUT2D eigenvalue weighted by Crippen LogP contribution is 2.34. The van der Waals surface area contributed by atoms with Gasteiger partial charge < -0.3 is 25.3 Å². The first-order valence-electron chi connectivity index (χ1n) is 11.5. The summed E-state index contributed by atoms with van der Waals surface area (Å²) in [7, 11) is 3.71. The van der Waals surface area contributed by atoms with Gasteiger partial charge in [-0.15, -0.1) is 0 Å². The van der Waals surface area contributed by atoms with Gasteiger partial charge in [-0.1, -0.05) is 18.2 Å². The lowest BCUT2D eigenvalue weighted by Gasteiger charge is -2.20. The number of primary amides is 1. The van der Waals surface area contributed by atoms with Gasteiger partial charge in [0.1, 0.15) is 5.75 Å². The number of fused-ring (bicyclic) bond motifs is 3. The van der Waals surface area contributed by atoms with E-state index < -0.39 is 5.91 Å². The van der Waals surface area contributed by atoms with Crippen LogP contribution in [0.4, 0.5) is 0 Å². The maximum absolute atomic E-state index is 13.2. The first-order chi connectivity index (χ1) is 16.4. The Kier molecular flexibility index (Phi) is 5.71. The third-order valence-electron chi connectivity index (χ3n) is 6.63. The number of nitrogens with zero attached hydrogens (tertiary/aromatic N) is 2. The van der Waals surface area contributed by atoms with E-state index in [0.29, 0.717) is 16.6 Å². The van der Waals surface area contributed by atoms with Crippen LogP contribution in [0.1, 0.15) is 27.1 Å². The topological polar surface area (TPSA) is 91.7 Å². The number of carbonyl (C=O) groups is 2. The molecule has 0 radical (unpaired) electrons. The number of hydrogen-bond donors (Lipinski definition) is 2. The number of hydrogen-bond acceptors (Lipinski definition) is 4. The summed E-state index contributed by atoms with van der Waals surface area (Å²) in [6, 6.07) is 17.2. The molecule has 0 unspecified atom stereocenters. The number of methoxy groups -OCH3 is 1. The Morgan fingerprint density at radius 2 is 1.79 bits per heavy atom. The fourth-order valence-corrected chi connectivity index (χ4v) is 4.74. The van der Waals surface area contributed by atoms with E-state index in [9.17, 15) is 9.59 Å². The number of carbonyl (C=O) groups excluding carboxylic acids is 2. The summed E-state index contributed by atoms with van der Waals surface area (Å²) >= 11 is 0. The van der Waals surface area contributed by atoms with Crippen LogP contribution in [0.2, 0.25) is 0 Å². The summed E-state index contributed by atoms with van der Waals surface area (Å²) < 4.78 is 5.36. The summed E-state index contributed by atoms with van der Waals surface area (Å²) in [5, 5.41) is 1.83. The van der Waals surface area contributed by atoms with E-state index in [-0.39, 0.29) is 5.91 Å². The molecule has 7 heteroatoms. The Balaban J connectivity index is 1.60. The quantitative estimate of drug-likeness (QED) is 0.488. The summed E-state index contributed by atoms with van der Waals surface area (Å²) in [5.41, 5.74) is 10.1. The summed E-state index contributed by atoms with van der Waals surface area (Å²) in [4.78, 5) is 33.1. The van der Waals surface area contributed by atoms with Crippen molar-refractivity contribution in [2.24, 2.45) is 5.73 Å². The average molecular weight is 457 g/mol. The van der Waals surface area contributed by atoms with Gasteiger partial charge in [-0.25, -0.2) is 0 Å². The molecular formula is C27H28N4O3. The van der Waals surface area contributed by atoms with Crippen molar-refractivity contribution in [1.82, 2.24) is 14.8 Å². The Hall–Kier alpha value is -3.84. The number of ether oxygens (including phenoxy) is 1. The van der Waals surface area contributed by atoms with Gasteiger partial charge in [-0.05, 0) is 67.5 Å². The Morgan fingerprint density at radius 3 is 2.59 bits per heavy atom. The highest BCUT2D eigenvalue weighted by Gasteiger charge is 2.21. The highest BCUT2D eigenvalue weighted by molar-refractivity contribution is 6.17. The zero-order valence-electron chi connectivity index (χ0n) is 19.4. The molecular weight excluding hydrogens is 428 g/mol. The van der Waals surface area contributed by atoms with Crippen molar-refractivity contribution < 1.29 is 14.3 Å². The van der Waals surface area contributed by atoms with E-state index in [1.54, 1.807) is 13.2 Å². The van der Waals surface area contributed by atoms with Crippen molar-refractivity contribution >= 4 is 33.6 Å². The summed E-state index contributed by atoms with van der Waals surface area (Å²) in [5.74, 6) is 0.259. The highest BCUT2D eigenvalue weighted by atomic mass is 16.5. The molecule has 34 heavy (non-hydrogen) atoms. The fourth-order valence-electron chi connectivity index (χ4n) is 4.74. The standard InChI is InChI=1S/C27H28N4O3/c1-30-9-4-10-31(12-11-30)27(33)18-7-8-21-22-14-19(17-5-3-6-20(13-17)34-2)15-23(26(28)32)25(22)29-24(21)16-18/h3,5-8,13-16,29H,4,9-12H2,1-2H3,(H2,28,32). The molecule has 174 valence electrons. The summed E-state index contributed by atoms with van der Waals surface area (Å²) in [6.07, 6.45) is 0.964. The Bertz CT molecular complexity index is 1410. The third kappa shape index (κ3) is 3.99. The van der Waals surface area contributed by atoms with Gasteiger partial charge in [0, 0.05) is 41.5 Å². The summed E-state index contributed by atoms with van der Waals surface area (Å²) in [6.45, 7) is 3.34. The second kappa shape index (κ2) is 8.83. The second-order valence-corrected chi connectivity index (χ2v) is 8.88. The van der Waals surface area contributed by atoms with Gasteiger partial charge in [0.05, 0.1) is 18.2 Å². The van der Waals surface area contributed by atoms with Crippen LogP contribution in [0.25, 0.3) is 32.9 Å². The average Bonchev–Trinajstić information content (AvgIpc) is 3.08. The molecule has 0 spiro atoms. The molecule has 1 fully saturated rings. The molecule has 0 saturated carbocycles. The minimum Gasteiger partial charge on any atom is -0.497 e. The van der Waals surface area contributed by atoms with Gasteiger partial charge >= 0.3 is 0 Å². The lowest BCUT2D eigenvalue weighted by molar-refractivity contribution is 0.0762. The van der Waals surface area contributed by atoms with Gasteiger partial charge in [-0.2, -0.15) is 0 Å². The van der Waals surface area contributed by atoms with Crippen molar-refractivity contribution in [2.75, 3.05) is 40.3 Å². The molecule has 1 aliphatic heterocycles. The molecule has 5 rings (SSSR count). The number of benzene rings is 3. The molecule has 1 aromatic heterocycles. The van der Waals surface area contributed by atoms with Crippen molar-refractivity contribution in [3.8, 4) is 16.9 Å². The van der Waals surface area contributed by atoms with Crippen LogP contribution >= 0.6 is 0 Å². The molecule has 0 atom stereocenters. The second-order valence-electron chi connectivity index (χ2n) is 8.88. The number of aromatic nitrogens is 1. The number of H-pyrrole nitrogens is 1. The fraction of sp³-hybridized carbons (Fsp3) is 0.259. The number of nitrogens with two attached hydrogens (primary N) is 1. The van der Waals surface area contributed by atoms with Crippen LogP contribution in [0.3, 0.4) is 0 Å². The first-order valence-corrected chi connectivity index (χ1v) is 11.5. The van der Waals surface area contributed by atoms with Crippen LogP contribution in [-0.2, 0) is 0 Å². The lowest BCUT2D eigenvalue weighted by Crippen LogP contribution is -2.34. The van der Waals surface area contributed by atoms with E-state index in [0.717, 1.165) is 65.8 Å². The zero-order chi connectivity index (χ0) is 23.8. The van der Waals surface area contributed by atoms with Gasteiger partial charge in [0.25, 0.3) is 11.8 Å². The van der Waals surface area contributed by atoms with E-state index in [4.69, 9.17) is 10.5 Å². The van der Waals surface area contributed by atoms with Gasteiger partial charge in [0.15, 0.2) is 0 Å². The largest absolute Gasteiger partial charge is 0.497 e. The molecule has 1 aliphatic rings. The predicted molar refractivity (Wildman–Crippen MR) is 134 cm³/mol. The first kappa shape index (κ1) is 22.0. The Labute approximate surface area is 198 Å². The molecule has 0 aliphatic carbocycles. The number of amides is 2. The van der Waals surface area contributed by atoms with Crippen LogP contribution in [0.15, 0.2) is 54.6 Å². The normalized spacial score (nSPS) is 14.9. The number of aromatic amines is 1. The van der Waals surface area contributed by atoms with Crippen LogP contribution in [0, 0.1) is 0 Å². The minimum absolute atomic E-state index is 0.0306. The van der Waals surface area contributed by atoms with Crippen molar-refractivity contribution in [1.29, 1.82) is 0 Å². The van der Waals surface area contributed by atoms with Crippen molar-refractivity contribution in [3.05, 3.63) is 65.7 Å². The zero-order valence-corrected chi connectivity index (χ0v) is 19.4.